The standard InChI is InChI=1S/C22H26F3NO7/c1-9(22(30)26-16-17(27)19(29)21-20(18(16)28)32-8-33-21)4-11-5-13(24)15(6-12(11)23)31-7-14(25)10-2-3-10/h4-6,10,14,16-21,27-29H,2-3,7-8H2,1H3,(H,26,30)/b9-4+/t14?,16-,17+,18-,19-,20+,21-/m1/s1. The summed E-state index contributed by atoms with van der Waals surface area (Å²) >= 11 is 0. The summed E-state index contributed by atoms with van der Waals surface area (Å²) in [6.07, 6.45) is -4.85. The van der Waals surface area contributed by atoms with Crippen molar-refractivity contribution < 1.29 is 47.5 Å². The van der Waals surface area contributed by atoms with Crippen LogP contribution < -0.4 is 10.1 Å². The number of hydrogen-bond donors (Lipinski definition) is 4. The number of halogens is 3. The zero-order valence-corrected chi connectivity index (χ0v) is 17.8. The van der Waals surface area contributed by atoms with Crippen LogP contribution >= 0.6 is 0 Å². The largest absolute Gasteiger partial charge is 0.487 e. The lowest BCUT2D eigenvalue weighted by Gasteiger charge is -2.41. The van der Waals surface area contributed by atoms with Crippen molar-refractivity contribution >= 4 is 12.0 Å². The topological polar surface area (TPSA) is 117 Å². The van der Waals surface area contributed by atoms with Gasteiger partial charge in [-0.3, -0.25) is 4.79 Å². The first-order valence-corrected chi connectivity index (χ1v) is 10.7. The van der Waals surface area contributed by atoms with E-state index in [9.17, 15) is 33.3 Å². The van der Waals surface area contributed by atoms with Gasteiger partial charge in [0.2, 0.25) is 5.91 Å². The van der Waals surface area contributed by atoms with E-state index < -0.39 is 66.0 Å². The van der Waals surface area contributed by atoms with Crippen molar-refractivity contribution in [2.45, 2.75) is 62.5 Å². The Kier molecular flexibility index (Phi) is 6.96. The lowest BCUT2D eigenvalue weighted by atomic mass is 9.83. The summed E-state index contributed by atoms with van der Waals surface area (Å²) in [7, 11) is 0. The second kappa shape index (κ2) is 9.59. The third-order valence-electron chi connectivity index (χ3n) is 6.21. The normalized spacial score (nSPS) is 32.9. The summed E-state index contributed by atoms with van der Waals surface area (Å²) < 4.78 is 57.9. The Morgan fingerprint density at radius 2 is 1.82 bits per heavy atom. The molecule has 1 heterocycles. The van der Waals surface area contributed by atoms with Gasteiger partial charge in [0.25, 0.3) is 0 Å². The molecule has 2 aliphatic carbocycles. The highest BCUT2D eigenvalue weighted by Crippen LogP contribution is 2.35. The number of nitrogens with one attached hydrogen (secondary N) is 1. The van der Waals surface area contributed by atoms with Crippen LogP contribution in [-0.4, -0.2) is 77.4 Å². The van der Waals surface area contributed by atoms with Gasteiger partial charge in [-0.2, -0.15) is 0 Å². The number of alkyl halides is 1. The Morgan fingerprint density at radius 3 is 2.48 bits per heavy atom. The minimum absolute atomic E-state index is 0.0564. The van der Waals surface area contributed by atoms with E-state index in [2.05, 4.69) is 5.32 Å². The molecule has 3 aliphatic rings. The van der Waals surface area contributed by atoms with Crippen molar-refractivity contribution in [1.82, 2.24) is 5.32 Å². The molecule has 1 aromatic carbocycles. The average Bonchev–Trinajstić information content (AvgIpc) is 3.52. The molecular weight excluding hydrogens is 447 g/mol. The van der Waals surface area contributed by atoms with E-state index in [4.69, 9.17) is 14.2 Å². The molecule has 1 unspecified atom stereocenters. The van der Waals surface area contributed by atoms with Crippen molar-refractivity contribution in [3.05, 3.63) is 34.9 Å². The van der Waals surface area contributed by atoms with Gasteiger partial charge >= 0.3 is 0 Å². The van der Waals surface area contributed by atoms with Gasteiger partial charge in [-0.05, 0) is 37.8 Å². The fourth-order valence-electron chi connectivity index (χ4n) is 4.05. The van der Waals surface area contributed by atoms with Crippen LogP contribution in [0.5, 0.6) is 5.75 Å². The molecular formula is C22H26F3NO7. The minimum Gasteiger partial charge on any atom is -0.487 e. The highest BCUT2D eigenvalue weighted by atomic mass is 19.1. The van der Waals surface area contributed by atoms with E-state index in [1.165, 1.54) is 6.92 Å². The molecule has 1 amide bonds. The van der Waals surface area contributed by atoms with Crippen LogP contribution in [0.1, 0.15) is 25.3 Å². The van der Waals surface area contributed by atoms with Gasteiger partial charge in [0, 0.05) is 17.2 Å². The molecule has 3 fully saturated rings. The Balaban J connectivity index is 1.43. The maximum atomic E-state index is 14.5. The molecule has 4 rings (SSSR count). The van der Waals surface area contributed by atoms with Crippen LogP contribution in [-0.2, 0) is 14.3 Å². The maximum absolute atomic E-state index is 14.5. The zero-order chi connectivity index (χ0) is 23.9. The highest BCUT2D eigenvalue weighted by molar-refractivity contribution is 5.97. The number of carbonyl (C=O) groups excluding carboxylic acids is 1. The third kappa shape index (κ3) is 5.02. The van der Waals surface area contributed by atoms with Crippen molar-refractivity contribution in [2.75, 3.05) is 13.4 Å². The Morgan fingerprint density at radius 1 is 1.15 bits per heavy atom. The second-order valence-corrected chi connectivity index (χ2v) is 8.65. The predicted molar refractivity (Wildman–Crippen MR) is 108 cm³/mol. The molecule has 0 spiro atoms. The molecule has 182 valence electrons. The van der Waals surface area contributed by atoms with Gasteiger partial charge in [-0.1, -0.05) is 0 Å². The summed E-state index contributed by atoms with van der Waals surface area (Å²) in [5.41, 5.74) is -0.303. The molecule has 7 atom stereocenters. The van der Waals surface area contributed by atoms with E-state index in [-0.39, 0.29) is 30.5 Å². The first-order valence-electron chi connectivity index (χ1n) is 10.7. The molecule has 4 N–H and O–H groups in total. The molecule has 0 bridgehead atoms. The van der Waals surface area contributed by atoms with Crippen molar-refractivity contribution in [2.24, 2.45) is 5.92 Å². The van der Waals surface area contributed by atoms with Gasteiger partial charge in [0.05, 0.1) is 6.04 Å². The van der Waals surface area contributed by atoms with Crippen LogP contribution in [0.2, 0.25) is 0 Å². The SMILES string of the molecule is C/C(=C\c1cc(F)c(OCC(F)C2CC2)cc1F)C(=O)N[C@@H]1[C@H](O)[C@@H](O)[C@H]2OCO[C@H]2[C@@H]1O. The summed E-state index contributed by atoms with van der Waals surface area (Å²) in [5.74, 6) is -3.10. The summed E-state index contributed by atoms with van der Waals surface area (Å²) in [4.78, 5) is 12.6. The second-order valence-electron chi connectivity index (χ2n) is 8.65. The van der Waals surface area contributed by atoms with Crippen molar-refractivity contribution in [3.8, 4) is 5.75 Å². The van der Waals surface area contributed by atoms with E-state index in [1.807, 2.05) is 0 Å². The molecule has 1 saturated heterocycles. The van der Waals surface area contributed by atoms with Gasteiger partial charge in [-0.25, -0.2) is 13.2 Å². The van der Waals surface area contributed by atoms with E-state index >= 15 is 0 Å². The van der Waals surface area contributed by atoms with E-state index in [0.717, 1.165) is 31.1 Å². The Labute approximate surface area is 187 Å². The predicted octanol–water partition coefficient (Wildman–Crippen LogP) is 0.818. The molecule has 1 aromatic rings. The quantitative estimate of drug-likeness (QED) is 0.433. The van der Waals surface area contributed by atoms with Crippen LogP contribution in [0.25, 0.3) is 6.08 Å². The summed E-state index contributed by atoms with van der Waals surface area (Å²) in [6.45, 7) is 0.787. The molecule has 8 nitrogen and oxygen atoms in total. The number of rotatable bonds is 7. The molecule has 11 heteroatoms. The Hall–Kier alpha value is -2.18. The lowest BCUT2D eigenvalue weighted by Crippen LogP contribution is -2.67. The fourth-order valence-corrected chi connectivity index (χ4v) is 4.05. The summed E-state index contributed by atoms with van der Waals surface area (Å²) in [6, 6.07) is 0.333. The average molecular weight is 473 g/mol. The van der Waals surface area contributed by atoms with Crippen molar-refractivity contribution in [1.29, 1.82) is 0 Å². The minimum atomic E-state index is -1.54. The number of aliphatic hydroxyl groups is 3. The smallest absolute Gasteiger partial charge is 0.247 e. The molecule has 1 aliphatic heterocycles. The number of carbonyl (C=O) groups is 1. The molecule has 33 heavy (non-hydrogen) atoms. The number of benzene rings is 1. The Bertz CT molecular complexity index is 925. The molecule has 2 saturated carbocycles. The van der Waals surface area contributed by atoms with Gasteiger partial charge in [0.15, 0.2) is 11.6 Å². The number of ether oxygens (including phenoxy) is 3. The first kappa shape index (κ1) is 24.0. The van der Waals surface area contributed by atoms with E-state index in [0.29, 0.717) is 0 Å². The number of fused-ring (bicyclic) bond motifs is 1. The molecule has 0 aromatic heterocycles. The number of hydrogen-bond acceptors (Lipinski definition) is 7. The maximum Gasteiger partial charge on any atom is 0.247 e. The van der Waals surface area contributed by atoms with Gasteiger partial charge < -0.3 is 34.8 Å². The van der Waals surface area contributed by atoms with Gasteiger partial charge in [0.1, 0.15) is 55.9 Å². The molecule has 0 radical (unpaired) electrons. The van der Waals surface area contributed by atoms with Crippen LogP contribution in [0.3, 0.4) is 0 Å². The lowest BCUT2D eigenvalue weighted by molar-refractivity contribution is -0.155. The monoisotopic (exact) mass is 473 g/mol. The highest BCUT2D eigenvalue weighted by Gasteiger charge is 2.53. The number of amides is 1. The van der Waals surface area contributed by atoms with Gasteiger partial charge in [-0.15, -0.1) is 0 Å². The first-order chi connectivity index (χ1) is 15.7. The van der Waals surface area contributed by atoms with E-state index in [1.54, 1.807) is 0 Å². The number of aliphatic hydroxyl groups excluding tert-OH is 3. The zero-order valence-electron chi connectivity index (χ0n) is 17.8. The summed E-state index contributed by atoms with van der Waals surface area (Å²) in [5, 5.41) is 33.3. The van der Waals surface area contributed by atoms with Crippen LogP contribution in [0.15, 0.2) is 17.7 Å². The fraction of sp³-hybridized carbons (Fsp3) is 0.591. The third-order valence-corrected chi connectivity index (χ3v) is 6.21. The van der Waals surface area contributed by atoms with Crippen LogP contribution in [0.4, 0.5) is 13.2 Å². The van der Waals surface area contributed by atoms with Crippen LogP contribution in [0, 0.1) is 17.6 Å². The van der Waals surface area contributed by atoms with Crippen molar-refractivity contribution in [3.63, 3.8) is 0 Å².